The first-order valence-electron chi connectivity index (χ1n) is 7.66. The predicted molar refractivity (Wildman–Crippen MR) is 87.9 cm³/mol. The Bertz CT molecular complexity index is 654. The molecule has 130 valence electrons. The lowest BCUT2D eigenvalue weighted by Gasteiger charge is -2.34. The quantitative estimate of drug-likeness (QED) is 0.471. The fourth-order valence-electron chi connectivity index (χ4n) is 2.95. The third kappa shape index (κ3) is 4.44. The SMILES string of the molecule is C[C@@H]1C[C@H](C)CN(C(=O)COC(=O)c2cc([N+](=O)[O-])ccc2Cl)C1. The van der Waals surface area contributed by atoms with Crippen LogP contribution in [0.2, 0.25) is 5.02 Å². The number of nitro groups is 1. The fourth-order valence-corrected chi connectivity index (χ4v) is 3.14. The van der Waals surface area contributed by atoms with Gasteiger partial charge in [0.2, 0.25) is 0 Å². The number of likely N-dealkylation sites (tertiary alicyclic amines) is 1. The van der Waals surface area contributed by atoms with E-state index in [-0.39, 0.29) is 22.2 Å². The summed E-state index contributed by atoms with van der Waals surface area (Å²) < 4.78 is 4.99. The van der Waals surface area contributed by atoms with Gasteiger partial charge in [-0.25, -0.2) is 4.79 Å². The van der Waals surface area contributed by atoms with Crippen molar-refractivity contribution in [3.05, 3.63) is 38.9 Å². The molecule has 0 radical (unpaired) electrons. The van der Waals surface area contributed by atoms with Crippen LogP contribution in [0.25, 0.3) is 0 Å². The highest BCUT2D eigenvalue weighted by Crippen LogP contribution is 2.23. The molecule has 1 saturated heterocycles. The van der Waals surface area contributed by atoms with Gasteiger partial charge in [-0.15, -0.1) is 0 Å². The number of piperidine rings is 1. The smallest absolute Gasteiger partial charge is 0.340 e. The van der Waals surface area contributed by atoms with E-state index in [1.54, 1.807) is 4.90 Å². The molecule has 0 aromatic heterocycles. The number of carbonyl (C=O) groups is 2. The summed E-state index contributed by atoms with van der Waals surface area (Å²) in [6.45, 7) is 5.02. The molecule has 0 aliphatic carbocycles. The minimum Gasteiger partial charge on any atom is -0.452 e. The van der Waals surface area contributed by atoms with Crippen LogP contribution in [-0.4, -0.2) is 41.4 Å². The van der Waals surface area contributed by atoms with Crippen LogP contribution in [0.15, 0.2) is 18.2 Å². The lowest BCUT2D eigenvalue weighted by Crippen LogP contribution is -2.44. The Morgan fingerprint density at radius 3 is 2.54 bits per heavy atom. The highest BCUT2D eigenvalue weighted by atomic mass is 35.5. The van der Waals surface area contributed by atoms with Gasteiger partial charge in [0.15, 0.2) is 6.61 Å². The van der Waals surface area contributed by atoms with Gasteiger partial charge in [0.25, 0.3) is 11.6 Å². The molecule has 2 rings (SSSR count). The van der Waals surface area contributed by atoms with E-state index >= 15 is 0 Å². The van der Waals surface area contributed by atoms with Crippen LogP contribution in [-0.2, 0) is 9.53 Å². The first-order chi connectivity index (χ1) is 11.3. The molecular formula is C16H19ClN2O5. The molecule has 1 heterocycles. The first kappa shape index (κ1) is 18.2. The van der Waals surface area contributed by atoms with Crippen LogP contribution in [0.3, 0.4) is 0 Å². The number of hydrogen-bond donors (Lipinski definition) is 0. The summed E-state index contributed by atoms with van der Waals surface area (Å²) >= 11 is 5.88. The summed E-state index contributed by atoms with van der Waals surface area (Å²) in [6.07, 6.45) is 1.06. The number of nitrogens with zero attached hydrogens (tertiary/aromatic N) is 2. The Morgan fingerprint density at radius 2 is 1.96 bits per heavy atom. The molecule has 1 aromatic carbocycles. The normalized spacial score (nSPS) is 20.5. The zero-order chi connectivity index (χ0) is 17.9. The van der Waals surface area contributed by atoms with Crippen LogP contribution in [0.1, 0.15) is 30.6 Å². The number of non-ortho nitro benzene ring substituents is 1. The summed E-state index contributed by atoms with van der Waals surface area (Å²) in [7, 11) is 0. The van der Waals surface area contributed by atoms with Gasteiger partial charge in [0.05, 0.1) is 15.5 Å². The van der Waals surface area contributed by atoms with Crippen molar-refractivity contribution in [3.63, 3.8) is 0 Å². The van der Waals surface area contributed by atoms with E-state index < -0.39 is 17.5 Å². The van der Waals surface area contributed by atoms with Gasteiger partial charge in [-0.2, -0.15) is 0 Å². The van der Waals surface area contributed by atoms with Crippen molar-refractivity contribution in [2.75, 3.05) is 19.7 Å². The summed E-state index contributed by atoms with van der Waals surface area (Å²) in [5, 5.41) is 10.8. The average Bonchev–Trinajstić information content (AvgIpc) is 2.51. The standard InChI is InChI=1S/C16H19ClN2O5/c1-10-5-11(2)8-18(7-10)15(20)9-24-16(21)13-6-12(19(22)23)3-4-14(13)17/h3-4,6,10-11H,5,7-9H2,1-2H3/t10-,11+. The molecule has 7 nitrogen and oxygen atoms in total. The van der Waals surface area contributed by atoms with Crippen LogP contribution in [0.5, 0.6) is 0 Å². The van der Waals surface area contributed by atoms with Gasteiger partial charge in [0.1, 0.15) is 0 Å². The molecule has 8 heteroatoms. The molecule has 1 aromatic rings. The maximum atomic E-state index is 12.2. The fraction of sp³-hybridized carbons (Fsp3) is 0.500. The Kier molecular flexibility index (Phi) is 5.77. The monoisotopic (exact) mass is 354 g/mol. The average molecular weight is 355 g/mol. The van der Waals surface area contributed by atoms with Crippen LogP contribution < -0.4 is 0 Å². The molecular weight excluding hydrogens is 336 g/mol. The summed E-state index contributed by atoms with van der Waals surface area (Å²) in [6, 6.07) is 3.49. The molecule has 24 heavy (non-hydrogen) atoms. The second-order valence-corrected chi connectivity index (χ2v) is 6.65. The Labute approximate surface area is 144 Å². The molecule has 1 amide bonds. The highest BCUT2D eigenvalue weighted by molar-refractivity contribution is 6.33. The molecule has 1 aliphatic heterocycles. The zero-order valence-corrected chi connectivity index (χ0v) is 14.3. The van der Waals surface area contributed by atoms with Crippen molar-refractivity contribution >= 4 is 29.2 Å². The van der Waals surface area contributed by atoms with Gasteiger partial charge in [0, 0.05) is 25.2 Å². The third-order valence-electron chi connectivity index (χ3n) is 3.93. The van der Waals surface area contributed by atoms with Crippen molar-refractivity contribution in [2.45, 2.75) is 20.3 Å². The summed E-state index contributed by atoms with van der Waals surface area (Å²) in [5.41, 5.74) is -0.393. The van der Waals surface area contributed by atoms with E-state index in [9.17, 15) is 19.7 Å². The second kappa shape index (κ2) is 7.61. The largest absolute Gasteiger partial charge is 0.452 e. The van der Waals surface area contributed by atoms with E-state index in [1.165, 1.54) is 12.1 Å². The number of carbonyl (C=O) groups excluding carboxylic acids is 2. The number of amides is 1. The van der Waals surface area contributed by atoms with Gasteiger partial charge >= 0.3 is 5.97 Å². The summed E-state index contributed by atoms with van der Waals surface area (Å²) in [5.74, 6) is -0.322. The highest BCUT2D eigenvalue weighted by Gasteiger charge is 2.26. The van der Waals surface area contributed by atoms with E-state index in [4.69, 9.17) is 16.3 Å². The van der Waals surface area contributed by atoms with Gasteiger partial charge in [-0.3, -0.25) is 14.9 Å². The Balaban J connectivity index is 1.99. The molecule has 0 N–H and O–H groups in total. The van der Waals surface area contributed by atoms with Crippen molar-refractivity contribution < 1.29 is 19.2 Å². The molecule has 0 unspecified atom stereocenters. The van der Waals surface area contributed by atoms with Crippen LogP contribution in [0, 0.1) is 22.0 Å². The molecule has 0 bridgehead atoms. The molecule has 0 spiro atoms. The van der Waals surface area contributed by atoms with E-state index in [0.29, 0.717) is 24.9 Å². The topological polar surface area (TPSA) is 89.8 Å². The maximum absolute atomic E-state index is 12.2. The number of ether oxygens (including phenoxy) is 1. The van der Waals surface area contributed by atoms with Crippen molar-refractivity contribution in [2.24, 2.45) is 11.8 Å². The number of nitro benzene ring substituents is 1. The van der Waals surface area contributed by atoms with E-state index in [0.717, 1.165) is 12.5 Å². The predicted octanol–water partition coefficient (Wildman–Crippen LogP) is 2.91. The zero-order valence-electron chi connectivity index (χ0n) is 13.5. The number of rotatable bonds is 4. The molecule has 1 fully saturated rings. The minimum atomic E-state index is -0.852. The number of benzene rings is 1. The minimum absolute atomic E-state index is 0.0401. The Morgan fingerprint density at radius 1 is 1.33 bits per heavy atom. The molecule has 1 aliphatic rings. The van der Waals surface area contributed by atoms with E-state index in [2.05, 4.69) is 13.8 Å². The second-order valence-electron chi connectivity index (χ2n) is 6.24. The first-order valence-corrected chi connectivity index (χ1v) is 8.04. The van der Waals surface area contributed by atoms with E-state index in [1.807, 2.05) is 0 Å². The van der Waals surface area contributed by atoms with Gasteiger partial charge in [-0.1, -0.05) is 25.4 Å². The maximum Gasteiger partial charge on any atom is 0.340 e. The van der Waals surface area contributed by atoms with Gasteiger partial charge < -0.3 is 9.64 Å². The molecule has 2 atom stereocenters. The number of hydrogen-bond acceptors (Lipinski definition) is 5. The third-order valence-corrected chi connectivity index (χ3v) is 4.26. The van der Waals surface area contributed by atoms with Crippen molar-refractivity contribution in [1.29, 1.82) is 0 Å². The van der Waals surface area contributed by atoms with Crippen molar-refractivity contribution in [3.8, 4) is 0 Å². The van der Waals surface area contributed by atoms with Crippen LogP contribution >= 0.6 is 11.6 Å². The van der Waals surface area contributed by atoms with Crippen LogP contribution in [0.4, 0.5) is 5.69 Å². The van der Waals surface area contributed by atoms with Crippen molar-refractivity contribution in [1.82, 2.24) is 4.90 Å². The lowest BCUT2D eigenvalue weighted by atomic mass is 9.92. The molecule has 0 saturated carbocycles. The number of esters is 1. The lowest BCUT2D eigenvalue weighted by molar-refractivity contribution is -0.384. The van der Waals surface area contributed by atoms with Gasteiger partial charge in [-0.05, 0) is 24.3 Å². The Hall–Kier alpha value is -2.15. The number of halogens is 1. The summed E-state index contributed by atoms with van der Waals surface area (Å²) in [4.78, 5) is 36.1.